The third kappa shape index (κ3) is 3.99. The molecule has 0 aliphatic carbocycles. The predicted molar refractivity (Wildman–Crippen MR) is 80.5 cm³/mol. The third-order valence-electron chi connectivity index (χ3n) is 3.16. The summed E-state index contributed by atoms with van der Waals surface area (Å²) in [4.78, 5) is 14.2. The molecule has 1 aliphatic heterocycles. The van der Waals surface area contributed by atoms with E-state index in [1.165, 1.54) is 12.1 Å². The fraction of sp³-hybridized carbons (Fsp3) is 0.462. The summed E-state index contributed by atoms with van der Waals surface area (Å²) < 4.78 is 5.26. The van der Waals surface area contributed by atoms with Crippen molar-refractivity contribution in [1.29, 1.82) is 0 Å². The summed E-state index contributed by atoms with van der Waals surface area (Å²) in [6.07, 6.45) is 0. The number of nitrogens with one attached hydrogen (secondary N) is 1. The number of nitrogens with two attached hydrogens (primary N) is 1. The van der Waals surface area contributed by atoms with Crippen molar-refractivity contribution in [2.24, 2.45) is 0 Å². The largest absolute Gasteiger partial charge is 0.396 e. The highest BCUT2D eigenvalue weighted by atomic mass is 35.5. The zero-order chi connectivity index (χ0) is 14.5. The Hall–Kier alpha value is -1.01. The van der Waals surface area contributed by atoms with Crippen LogP contribution in [0, 0.1) is 0 Å². The molecule has 110 valence electrons. The van der Waals surface area contributed by atoms with Gasteiger partial charge >= 0.3 is 0 Å². The van der Waals surface area contributed by atoms with E-state index in [1.807, 2.05) is 0 Å². The second-order valence-electron chi connectivity index (χ2n) is 4.56. The maximum absolute atomic E-state index is 12.0. The average Bonchev–Trinajstić information content (AvgIpc) is 2.45. The Morgan fingerprint density at radius 3 is 2.50 bits per heavy atom. The van der Waals surface area contributed by atoms with Crippen molar-refractivity contribution in [3.8, 4) is 0 Å². The minimum Gasteiger partial charge on any atom is -0.396 e. The van der Waals surface area contributed by atoms with Crippen LogP contribution in [-0.2, 0) is 4.74 Å². The first-order valence-corrected chi connectivity index (χ1v) is 7.16. The molecule has 7 heteroatoms. The number of hydrogen-bond donors (Lipinski definition) is 2. The van der Waals surface area contributed by atoms with E-state index in [4.69, 9.17) is 33.7 Å². The minimum atomic E-state index is -0.206. The van der Waals surface area contributed by atoms with Crippen LogP contribution in [0.1, 0.15) is 10.4 Å². The zero-order valence-corrected chi connectivity index (χ0v) is 12.5. The van der Waals surface area contributed by atoms with Gasteiger partial charge in [-0.15, -0.1) is 0 Å². The number of halogens is 2. The lowest BCUT2D eigenvalue weighted by atomic mass is 10.2. The molecule has 2 rings (SSSR count). The molecular weight excluding hydrogens is 301 g/mol. The van der Waals surface area contributed by atoms with Crippen LogP contribution in [-0.4, -0.2) is 50.2 Å². The number of nitrogen functional groups attached to an aromatic ring is 1. The quantitative estimate of drug-likeness (QED) is 0.828. The Morgan fingerprint density at radius 2 is 1.90 bits per heavy atom. The lowest BCUT2D eigenvalue weighted by molar-refractivity contribution is 0.0383. The molecule has 0 bridgehead atoms. The van der Waals surface area contributed by atoms with Gasteiger partial charge in [0.15, 0.2) is 0 Å². The molecule has 0 radical (unpaired) electrons. The van der Waals surface area contributed by atoms with Gasteiger partial charge in [0.25, 0.3) is 5.91 Å². The van der Waals surface area contributed by atoms with Gasteiger partial charge < -0.3 is 15.8 Å². The molecule has 0 aromatic heterocycles. The SMILES string of the molecule is Nc1c(Cl)cc(C(=O)NCCN2CCOCC2)cc1Cl. The fourth-order valence-electron chi connectivity index (χ4n) is 1.97. The van der Waals surface area contributed by atoms with Gasteiger partial charge in [-0.2, -0.15) is 0 Å². The number of nitrogens with zero attached hydrogens (tertiary/aromatic N) is 1. The average molecular weight is 318 g/mol. The molecule has 1 aromatic carbocycles. The van der Waals surface area contributed by atoms with Crippen LogP contribution >= 0.6 is 23.2 Å². The van der Waals surface area contributed by atoms with Gasteiger partial charge in [-0.25, -0.2) is 0 Å². The van der Waals surface area contributed by atoms with Gasteiger partial charge in [-0.05, 0) is 12.1 Å². The fourth-order valence-corrected chi connectivity index (χ4v) is 2.46. The molecule has 0 saturated carbocycles. The van der Waals surface area contributed by atoms with Crippen molar-refractivity contribution in [3.05, 3.63) is 27.7 Å². The smallest absolute Gasteiger partial charge is 0.251 e. The van der Waals surface area contributed by atoms with Gasteiger partial charge in [-0.1, -0.05) is 23.2 Å². The van der Waals surface area contributed by atoms with E-state index < -0.39 is 0 Å². The van der Waals surface area contributed by atoms with E-state index in [0.717, 1.165) is 32.8 Å². The van der Waals surface area contributed by atoms with Crippen molar-refractivity contribution in [3.63, 3.8) is 0 Å². The van der Waals surface area contributed by atoms with E-state index in [9.17, 15) is 4.79 Å². The highest BCUT2D eigenvalue weighted by Crippen LogP contribution is 2.28. The van der Waals surface area contributed by atoms with Crippen molar-refractivity contribution >= 4 is 34.8 Å². The summed E-state index contributed by atoms with van der Waals surface area (Å²) in [7, 11) is 0. The second-order valence-corrected chi connectivity index (χ2v) is 5.38. The van der Waals surface area contributed by atoms with Crippen molar-refractivity contribution in [2.45, 2.75) is 0 Å². The maximum atomic E-state index is 12.0. The van der Waals surface area contributed by atoms with Gasteiger partial charge in [0, 0.05) is 31.7 Å². The highest BCUT2D eigenvalue weighted by molar-refractivity contribution is 6.39. The first-order valence-electron chi connectivity index (χ1n) is 6.41. The molecule has 1 fully saturated rings. The highest BCUT2D eigenvalue weighted by Gasteiger charge is 2.13. The van der Waals surface area contributed by atoms with E-state index >= 15 is 0 Å². The monoisotopic (exact) mass is 317 g/mol. The molecule has 1 aliphatic rings. The Morgan fingerprint density at radius 1 is 1.30 bits per heavy atom. The molecule has 3 N–H and O–H groups in total. The van der Waals surface area contributed by atoms with Crippen LogP contribution in [0.25, 0.3) is 0 Å². The summed E-state index contributed by atoms with van der Waals surface area (Å²) in [5.74, 6) is -0.206. The number of carbonyl (C=O) groups is 1. The van der Waals surface area contributed by atoms with E-state index in [-0.39, 0.29) is 16.0 Å². The summed E-state index contributed by atoms with van der Waals surface area (Å²) in [6.45, 7) is 4.66. The molecule has 20 heavy (non-hydrogen) atoms. The third-order valence-corrected chi connectivity index (χ3v) is 3.78. The number of hydrogen-bond acceptors (Lipinski definition) is 4. The molecular formula is C13H17Cl2N3O2. The molecule has 5 nitrogen and oxygen atoms in total. The molecule has 1 heterocycles. The van der Waals surface area contributed by atoms with Crippen molar-refractivity contribution < 1.29 is 9.53 Å². The molecule has 1 saturated heterocycles. The lowest BCUT2D eigenvalue weighted by Gasteiger charge is -2.26. The summed E-state index contributed by atoms with van der Waals surface area (Å²) >= 11 is 11.8. The number of carbonyl (C=O) groups excluding carboxylic acids is 1. The number of anilines is 1. The van der Waals surface area contributed by atoms with Crippen LogP contribution in [0.15, 0.2) is 12.1 Å². The summed E-state index contributed by atoms with van der Waals surface area (Å²) in [6, 6.07) is 3.04. The zero-order valence-electron chi connectivity index (χ0n) is 11.0. The van der Waals surface area contributed by atoms with Crippen molar-refractivity contribution in [1.82, 2.24) is 10.2 Å². The minimum absolute atomic E-state index is 0.206. The second kappa shape index (κ2) is 7.13. The van der Waals surface area contributed by atoms with Gasteiger partial charge in [0.05, 0.1) is 28.9 Å². The topological polar surface area (TPSA) is 67.6 Å². The molecule has 1 aromatic rings. The van der Waals surface area contributed by atoms with Crippen LogP contribution in [0.5, 0.6) is 0 Å². The van der Waals surface area contributed by atoms with Crippen LogP contribution < -0.4 is 11.1 Å². The standard InChI is InChI=1S/C13H17Cl2N3O2/c14-10-7-9(8-11(15)12(10)16)13(19)17-1-2-18-3-5-20-6-4-18/h7-8H,1-6,16H2,(H,17,19). The Labute approximate surface area is 128 Å². The number of benzene rings is 1. The summed E-state index contributed by atoms with van der Waals surface area (Å²) in [5, 5.41) is 3.42. The number of rotatable bonds is 4. The van der Waals surface area contributed by atoms with Crippen molar-refractivity contribution in [2.75, 3.05) is 45.1 Å². The van der Waals surface area contributed by atoms with Crippen LogP contribution in [0.4, 0.5) is 5.69 Å². The van der Waals surface area contributed by atoms with E-state index in [2.05, 4.69) is 10.2 Å². The Kier molecular flexibility index (Phi) is 5.48. The first kappa shape index (κ1) is 15.4. The summed E-state index contributed by atoms with van der Waals surface area (Å²) in [5.41, 5.74) is 6.34. The van der Waals surface area contributed by atoms with Gasteiger partial charge in [0.2, 0.25) is 0 Å². The lowest BCUT2D eigenvalue weighted by Crippen LogP contribution is -2.41. The van der Waals surface area contributed by atoms with Crippen LogP contribution in [0.3, 0.4) is 0 Å². The molecule has 0 spiro atoms. The first-order chi connectivity index (χ1) is 9.58. The Bertz CT molecular complexity index is 467. The molecule has 0 atom stereocenters. The number of morpholine rings is 1. The molecule has 1 amide bonds. The van der Waals surface area contributed by atoms with Crippen LogP contribution in [0.2, 0.25) is 10.0 Å². The molecule has 0 unspecified atom stereocenters. The Balaban J connectivity index is 1.85. The maximum Gasteiger partial charge on any atom is 0.251 e. The number of amides is 1. The normalized spacial score (nSPS) is 16.1. The predicted octanol–water partition coefficient (Wildman–Crippen LogP) is 1.64. The number of ether oxygens (including phenoxy) is 1. The van der Waals surface area contributed by atoms with E-state index in [0.29, 0.717) is 17.8 Å². The van der Waals surface area contributed by atoms with Gasteiger partial charge in [0.1, 0.15) is 0 Å². The van der Waals surface area contributed by atoms with E-state index in [1.54, 1.807) is 0 Å². The van der Waals surface area contributed by atoms with Gasteiger partial charge in [-0.3, -0.25) is 9.69 Å².